The monoisotopic (exact) mass is 251 g/mol. The fourth-order valence-corrected chi connectivity index (χ4v) is 1.36. The molecule has 0 radical (unpaired) electrons. The van der Waals surface area contributed by atoms with Crippen LogP contribution in [0.3, 0.4) is 0 Å². The van der Waals surface area contributed by atoms with Crippen LogP contribution >= 0.6 is 15.9 Å². The molecule has 0 aliphatic heterocycles. The normalized spacial score (nSPS) is 10.9. The van der Waals surface area contributed by atoms with Crippen molar-refractivity contribution in [1.82, 2.24) is 4.98 Å². The lowest BCUT2D eigenvalue weighted by molar-refractivity contribution is 0.150. The van der Waals surface area contributed by atoms with E-state index in [-0.39, 0.29) is 17.9 Å². The lowest BCUT2D eigenvalue weighted by Gasteiger charge is -2.07. The highest BCUT2D eigenvalue weighted by Crippen LogP contribution is 2.29. The Morgan fingerprint density at radius 2 is 2.23 bits per heavy atom. The van der Waals surface area contributed by atoms with E-state index in [0.29, 0.717) is 10.2 Å². The number of rotatable bonds is 2. The second-order valence-electron chi connectivity index (χ2n) is 2.56. The van der Waals surface area contributed by atoms with Crippen LogP contribution in [0.25, 0.3) is 0 Å². The summed E-state index contributed by atoms with van der Waals surface area (Å²) in [5.41, 5.74) is 0.592. The van der Waals surface area contributed by atoms with Crippen molar-refractivity contribution < 1.29 is 13.9 Å². The summed E-state index contributed by atoms with van der Waals surface area (Å²) in [5.74, 6) is 0. The fraction of sp³-hybridized carbons (Fsp3) is 0.375. The van der Waals surface area contributed by atoms with Gasteiger partial charge in [0.25, 0.3) is 6.43 Å². The van der Waals surface area contributed by atoms with Gasteiger partial charge in [-0.15, -0.1) is 0 Å². The quantitative estimate of drug-likeness (QED) is 0.877. The number of aromatic nitrogens is 1. The van der Waals surface area contributed by atoms with Gasteiger partial charge in [-0.05, 0) is 28.9 Å². The van der Waals surface area contributed by atoms with Crippen molar-refractivity contribution in [3.63, 3.8) is 0 Å². The lowest BCUT2D eigenvalue weighted by Crippen LogP contribution is -1.98. The highest BCUT2D eigenvalue weighted by molar-refractivity contribution is 9.10. The average molecular weight is 252 g/mol. The Morgan fingerprint density at radius 1 is 1.62 bits per heavy atom. The Labute approximate surface area is 82.7 Å². The number of alkyl halides is 2. The molecule has 0 saturated heterocycles. The number of aliphatic hydroxyl groups excluding tert-OH is 1. The van der Waals surface area contributed by atoms with E-state index in [4.69, 9.17) is 5.11 Å². The molecule has 0 amide bonds. The first-order valence-electron chi connectivity index (χ1n) is 3.61. The zero-order valence-electron chi connectivity index (χ0n) is 6.89. The molecule has 1 heterocycles. The Hall–Kier alpha value is -0.550. The molecular formula is C8H8BrF2NO. The maximum atomic E-state index is 12.4. The van der Waals surface area contributed by atoms with Gasteiger partial charge in [-0.2, -0.15) is 0 Å². The van der Waals surface area contributed by atoms with Crippen LogP contribution in [0.4, 0.5) is 8.78 Å². The summed E-state index contributed by atoms with van der Waals surface area (Å²) in [6.45, 7) is 1.28. The molecule has 1 aromatic heterocycles. The zero-order valence-corrected chi connectivity index (χ0v) is 8.48. The van der Waals surface area contributed by atoms with Crippen molar-refractivity contribution in [2.24, 2.45) is 0 Å². The van der Waals surface area contributed by atoms with Gasteiger partial charge >= 0.3 is 0 Å². The molecule has 0 unspecified atom stereocenters. The summed E-state index contributed by atoms with van der Waals surface area (Å²) in [7, 11) is 0. The molecule has 0 fully saturated rings. The number of halogens is 3. The average Bonchev–Trinajstić information content (AvgIpc) is 2.09. The van der Waals surface area contributed by atoms with Gasteiger partial charge in [-0.3, -0.25) is 4.98 Å². The molecule has 0 aliphatic carbocycles. The van der Waals surface area contributed by atoms with Crippen molar-refractivity contribution in [3.8, 4) is 0 Å². The van der Waals surface area contributed by atoms with Gasteiger partial charge in [-0.1, -0.05) is 0 Å². The molecule has 2 nitrogen and oxygen atoms in total. The van der Waals surface area contributed by atoms with E-state index in [1.54, 1.807) is 6.92 Å². The van der Waals surface area contributed by atoms with Gasteiger partial charge in [0.15, 0.2) is 0 Å². The second-order valence-corrected chi connectivity index (χ2v) is 3.35. The SMILES string of the molecule is Cc1nc(CO)cc(C(F)F)c1Br. The van der Waals surface area contributed by atoms with Gasteiger partial charge in [0.05, 0.1) is 18.0 Å². The molecule has 1 rings (SSSR count). The van der Waals surface area contributed by atoms with Crippen molar-refractivity contribution in [2.45, 2.75) is 20.0 Å². The minimum atomic E-state index is -2.55. The third kappa shape index (κ3) is 2.22. The van der Waals surface area contributed by atoms with Crippen LogP contribution in [-0.2, 0) is 6.61 Å². The van der Waals surface area contributed by atoms with E-state index in [0.717, 1.165) is 0 Å². The molecule has 0 aromatic carbocycles. The van der Waals surface area contributed by atoms with Crippen LogP contribution < -0.4 is 0 Å². The summed E-state index contributed by atoms with van der Waals surface area (Å²) >= 11 is 3.02. The highest BCUT2D eigenvalue weighted by atomic mass is 79.9. The zero-order chi connectivity index (χ0) is 10.0. The van der Waals surface area contributed by atoms with E-state index >= 15 is 0 Å². The van der Waals surface area contributed by atoms with E-state index < -0.39 is 6.43 Å². The number of pyridine rings is 1. The maximum Gasteiger partial charge on any atom is 0.265 e. The summed E-state index contributed by atoms with van der Waals surface area (Å²) in [5, 5.41) is 8.74. The predicted octanol–water partition coefficient (Wildman–Crippen LogP) is 2.58. The van der Waals surface area contributed by atoms with Crippen molar-refractivity contribution >= 4 is 15.9 Å². The number of hydrogen-bond donors (Lipinski definition) is 1. The maximum absolute atomic E-state index is 12.4. The predicted molar refractivity (Wildman–Crippen MR) is 47.6 cm³/mol. The summed E-state index contributed by atoms with van der Waals surface area (Å²) in [6, 6.07) is 1.20. The Balaban J connectivity index is 3.25. The van der Waals surface area contributed by atoms with Gasteiger partial charge in [-0.25, -0.2) is 8.78 Å². The first kappa shape index (κ1) is 10.5. The van der Waals surface area contributed by atoms with Crippen LogP contribution in [0.1, 0.15) is 23.4 Å². The fourth-order valence-electron chi connectivity index (χ4n) is 0.988. The molecular weight excluding hydrogens is 244 g/mol. The van der Waals surface area contributed by atoms with Crippen LogP contribution in [-0.4, -0.2) is 10.1 Å². The van der Waals surface area contributed by atoms with E-state index in [1.165, 1.54) is 6.07 Å². The summed E-state index contributed by atoms with van der Waals surface area (Å²) < 4.78 is 25.1. The summed E-state index contributed by atoms with van der Waals surface area (Å²) in [4.78, 5) is 3.90. The van der Waals surface area contributed by atoms with E-state index in [2.05, 4.69) is 20.9 Å². The molecule has 1 N–H and O–H groups in total. The molecule has 0 bridgehead atoms. The first-order chi connectivity index (χ1) is 6.06. The molecule has 1 aromatic rings. The third-order valence-electron chi connectivity index (χ3n) is 1.60. The van der Waals surface area contributed by atoms with Crippen molar-refractivity contribution in [2.75, 3.05) is 0 Å². The number of aryl methyl sites for hydroxylation is 1. The van der Waals surface area contributed by atoms with Crippen LogP contribution in [0, 0.1) is 6.92 Å². The minimum Gasteiger partial charge on any atom is -0.390 e. The topological polar surface area (TPSA) is 33.1 Å². The lowest BCUT2D eigenvalue weighted by atomic mass is 10.2. The molecule has 5 heteroatoms. The third-order valence-corrected chi connectivity index (χ3v) is 2.63. The Morgan fingerprint density at radius 3 is 2.69 bits per heavy atom. The van der Waals surface area contributed by atoms with Gasteiger partial charge in [0, 0.05) is 10.0 Å². The Kier molecular flexibility index (Phi) is 3.33. The van der Waals surface area contributed by atoms with Crippen molar-refractivity contribution in [1.29, 1.82) is 0 Å². The minimum absolute atomic E-state index is 0.128. The van der Waals surface area contributed by atoms with Crippen LogP contribution in [0.15, 0.2) is 10.5 Å². The molecule has 0 atom stereocenters. The summed E-state index contributed by atoms with van der Waals surface area (Å²) in [6.07, 6.45) is -2.55. The van der Waals surface area contributed by atoms with Gasteiger partial charge in [0.2, 0.25) is 0 Å². The number of hydrogen-bond acceptors (Lipinski definition) is 2. The molecule has 0 aliphatic rings. The standard InChI is InChI=1S/C8H8BrF2NO/c1-4-7(9)6(8(10)11)2-5(3-13)12-4/h2,8,13H,3H2,1H3. The van der Waals surface area contributed by atoms with Gasteiger partial charge < -0.3 is 5.11 Å². The largest absolute Gasteiger partial charge is 0.390 e. The van der Waals surface area contributed by atoms with E-state index in [9.17, 15) is 8.78 Å². The van der Waals surface area contributed by atoms with Crippen LogP contribution in [0.2, 0.25) is 0 Å². The second kappa shape index (κ2) is 4.11. The Bertz CT molecular complexity index is 317. The molecule has 72 valence electrons. The highest BCUT2D eigenvalue weighted by Gasteiger charge is 2.15. The van der Waals surface area contributed by atoms with E-state index in [1.807, 2.05) is 0 Å². The molecule has 13 heavy (non-hydrogen) atoms. The van der Waals surface area contributed by atoms with Gasteiger partial charge in [0.1, 0.15) is 0 Å². The molecule has 0 spiro atoms. The smallest absolute Gasteiger partial charge is 0.265 e. The first-order valence-corrected chi connectivity index (χ1v) is 4.40. The number of aliphatic hydroxyl groups is 1. The van der Waals surface area contributed by atoms with Crippen molar-refractivity contribution in [3.05, 3.63) is 27.5 Å². The number of nitrogens with zero attached hydrogens (tertiary/aromatic N) is 1. The molecule has 0 saturated carbocycles. The van der Waals surface area contributed by atoms with Crippen LogP contribution in [0.5, 0.6) is 0 Å².